The Morgan fingerprint density at radius 1 is 0.211 bits per heavy atom. The Kier molecular flexibility index (Phi) is 7.73. The molecule has 0 aliphatic heterocycles. The number of fused-ring (bicyclic) bond motifs is 23. The summed E-state index contributed by atoms with van der Waals surface area (Å²) in [5, 5.41) is 21.6. The molecule has 4 heteroatoms. The zero-order chi connectivity index (χ0) is 46.5. The van der Waals surface area contributed by atoms with Gasteiger partial charge in [0.1, 0.15) is 0 Å². The molecular formula is C67H39N3O. The molecule has 0 saturated heterocycles. The molecule has 328 valence electrons. The van der Waals surface area contributed by atoms with E-state index in [1.54, 1.807) is 0 Å². The number of aromatic nitrogens is 3. The molecule has 0 bridgehead atoms. The van der Waals surface area contributed by atoms with Crippen molar-refractivity contribution in [2.75, 3.05) is 0 Å². The van der Waals surface area contributed by atoms with Crippen molar-refractivity contribution in [1.82, 2.24) is 13.7 Å². The molecule has 0 unspecified atom stereocenters. The molecule has 16 rings (SSSR count). The van der Waals surface area contributed by atoms with Gasteiger partial charge in [0.2, 0.25) is 0 Å². The summed E-state index contributed by atoms with van der Waals surface area (Å²) >= 11 is 0. The zero-order valence-electron chi connectivity index (χ0n) is 38.3. The molecule has 13 aromatic carbocycles. The molecule has 0 fully saturated rings. The molecule has 0 saturated carbocycles. The first-order valence-corrected chi connectivity index (χ1v) is 24.4. The first-order chi connectivity index (χ1) is 35.2. The normalized spacial score (nSPS) is 12.3. The monoisotopic (exact) mass is 901 g/mol. The second-order valence-electron chi connectivity index (χ2n) is 19.1. The van der Waals surface area contributed by atoms with Crippen LogP contribution in [0.25, 0.3) is 147 Å². The number of nitrogens with zero attached hydrogens (tertiary/aromatic N) is 3. The Morgan fingerprint density at radius 3 is 0.986 bits per heavy atom. The van der Waals surface area contributed by atoms with E-state index in [4.69, 9.17) is 0 Å². The Hall–Kier alpha value is -9.51. The van der Waals surface area contributed by atoms with Gasteiger partial charge < -0.3 is 9.13 Å². The van der Waals surface area contributed by atoms with Crippen LogP contribution in [0.15, 0.2) is 241 Å². The third-order valence-electron chi connectivity index (χ3n) is 15.6. The summed E-state index contributed by atoms with van der Waals surface area (Å²) in [4.78, 5) is 16.4. The summed E-state index contributed by atoms with van der Waals surface area (Å²) in [6.45, 7) is 0. The number of benzene rings is 13. The Morgan fingerprint density at radius 2 is 0.521 bits per heavy atom. The van der Waals surface area contributed by atoms with Crippen molar-refractivity contribution in [3.8, 4) is 17.1 Å². The maximum Gasteiger partial charge on any atom is 0.265 e. The zero-order valence-corrected chi connectivity index (χ0v) is 38.3. The minimum atomic E-state index is -0.0640. The van der Waals surface area contributed by atoms with Gasteiger partial charge in [-0.25, -0.2) is 0 Å². The summed E-state index contributed by atoms with van der Waals surface area (Å²) < 4.78 is 6.75. The third kappa shape index (κ3) is 5.15. The van der Waals surface area contributed by atoms with E-state index in [1.807, 2.05) is 22.8 Å². The molecule has 0 aliphatic carbocycles. The summed E-state index contributed by atoms with van der Waals surface area (Å²) in [6.07, 6.45) is 0. The van der Waals surface area contributed by atoms with Crippen LogP contribution in [-0.2, 0) is 0 Å². The molecule has 3 heterocycles. The van der Waals surface area contributed by atoms with Crippen molar-refractivity contribution >= 4 is 130 Å². The lowest BCUT2D eigenvalue weighted by Crippen LogP contribution is -2.20. The van der Waals surface area contributed by atoms with Crippen LogP contribution >= 0.6 is 0 Å². The fourth-order valence-electron chi connectivity index (χ4n) is 12.6. The summed E-state index contributed by atoms with van der Waals surface area (Å²) in [6, 6.07) is 85.2. The van der Waals surface area contributed by atoms with Crippen LogP contribution < -0.4 is 5.56 Å². The molecule has 0 atom stereocenters. The molecule has 71 heavy (non-hydrogen) atoms. The molecule has 0 aliphatic rings. The minimum absolute atomic E-state index is 0.0640. The summed E-state index contributed by atoms with van der Waals surface area (Å²) in [5.41, 5.74) is 7.70. The molecule has 0 radical (unpaired) electrons. The fraction of sp³-hybridized carbons (Fsp3) is 0. The van der Waals surface area contributed by atoms with Gasteiger partial charge in [0.05, 0.1) is 33.0 Å². The number of rotatable bonds is 3. The van der Waals surface area contributed by atoms with E-state index in [0.29, 0.717) is 5.39 Å². The topological polar surface area (TPSA) is 31.9 Å². The first-order valence-electron chi connectivity index (χ1n) is 24.4. The van der Waals surface area contributed by atoms with Gasteiger partial charge in [-0.15, -0.1) is 0 Å². The highest BCUT2D eigenvalue weighted by Gasteiger charge is 2.25. The van der Waals surface area contributed by atoms with Crippen molar-refractivity contribution in [3.05, 3.63) is 247 Å². The van der Waals surface area contributed by atoms with E-state index >= 15 is 4.79 Å². The van der Waals surface area contributed by atoms with Gasteiger partial charge in [0.15, 0.2) is 0 Å². The van der Waals surface area contributed by atoms with Crippen LogP contribution in [0, 0.1) is 0 Å². The van der Waals surface area contributed by atoms with Crippen LogP contribution in [-0.4, -0.2) is 13.7 Å². The van der Waals surface area contributed by atoms with Gasteiger partial charge in [-0.2, -0.15) is 0 Å². The molecule has 16 aromatic rings. The smallest absolute Gasteiger partial charge is 0.265 e. The lowest BCUT2D eigenvalue weighted by Gasteiger charge is -2.19. The summed E-state index contributed by atoms with van der Waals surface area (Å²) in [7, 11) is 0. The van der Waals surface area contributed by atoms with Crippen molar-refractivity contribution in [3.63, 3.8) is 0 Å². The van der Waals surface area contributed by atoms with Gasteiger partial charge in [0, 0.05) is 44.0 Å². The summed E-state index contributed by atoms with van der Waals surface area (Å²) in [5.74, 6) is 0. The number of para-hydroxylation sites is 3. The second kappa shape index (κ2) is 14.3. The van der Waals surface area contributed by atoms with Crippen molar-refractivity contribution in [2.45, 2.75) is 0 Å². The molecular weight excluding hydrogens is 863 g/mol. The maximum absolute atomic E-state index is 16.4. The first kappa shape index (κ1) is 38.5. The number of pyridine rings is 1. The van der Waals surface area contributed by atoms with Crippen LogP contribution in [0.1, 0.15) is 0 Å². The van der Waals surface area contributed by atoms with E-state index in [2.05, 4.69) is 228 Å². The van der Waals surface area contributed by atoms with E-state index < -0.39 is 0 Å². The Bertz CT molecular complexity index is 5000. The fourth-order valence-corrected chi connectivity index (χ4v) is 12.6. The van der Waals surface area contributed by atoms with Crippen molar-refractivity contribution in [2.24, 2.45) is 0 Å². The third-order valence-corrected chi connectivity index (χ3v) is 15.6. The Balaban J connectivity index is 1.07. The van der Waals surface area contributed by atoms with Gasteiger partial charge in [-0.05, 0) is 119 Å². The maximum atomic E-state index is 16.4. The second-order valence-corrected chi connectivity index (χ2v) is 19.1. The van der Waals surface area contributed by atoms with Gasteiger partial charge >= 0.3 is 0 Å². The van der Waals surface area contributed by atoms with E-state index in [-0.39, 0.29) is 5.56 Å². The van der Waals surface area contributed by atoms with Gasteiger partial charge in [0.25, 0.3) is 5.56 Å². The van der Waals surface area contributed by atoms with Crippen molar-refractivity contribution < 1.29 is 0 Å². The molecule has 0 N–H and O–H groups in total. The van der Waals surface area contributed by atoms with E-state index in [9.17, 15) is 0 Å². The lowest BCUT2D eigenvalue weighted by molar-refractivity contribution is 1.06. The predicted octanol–water partition coefficient (Wildman–Crippen LogP) is 17.3. The molecule has 4 nitrogen and oxygen atoms in total. The van der Waals surface area contributed by atoms with Crippen LogP contribution in [0.4, 0.5) is 0 Å². The van der Waals surface area contributed by atoms with Crippen LogP contribution in [0.3, 0.4) is 0 Å². The minimum Gasteiger partial charge on any atom is -0.308 e. The van der Waals surface area contributed by atoms with Crippen LogP contribution in [0.2, 0.25) is 0 Å². The highest BCUT2D eigenvalue weighted by molar-refractivity contribution is 6.29. The van der Waals surface area contributed by atoms with Gasteiger partial charge in [-0.3, -0.25) is 9.36 Å². The molecule has 0 amide bonds. The SMILES string of the molecule is O=c1c2c(ccc3c4ccccc4n(-c4ccc5c6ccccc6c6ccccc6c5c4)c32)c2ccc3c4ccccc4n(-c4ccc5c6ccccc6c6ccccc6c5c4)c3c2n1-c1ccccc1. The van der Waals surface area contributed by atoms with Crippen molar-refractivity contribution in [1.29, 1.82) is 0 Å². The highest BCUT2D eigenvalue weighted by atomic mass is 16.1. The molecule has 3 aromatic heterocycles. The highest BCUT2D eigenvalue weighted by Crippen LogP contribution is 2.45. The van der Waals surface area contributed by atoms with E-state index in [0.717, 1.165) is 77.0 Å². The Labute approximate surface area is 405 Å². The van der Waals surface area contributed by atoms with Crippen LogP contribution in [0.5, 0.6) is 0 Å². The van der Waals surface area contributed by atoms with Gasteiger partial charge in [-0.1, -0.05) is 188 Å². The average molecular weight is 902 g/mol. The predicted molar refractivity (Wildman–Crippen MR) is 301 cm³/mol. The quantitative estimate of drug-likeness (QED) is 0.163. The largest absolute Gasteiger partial charge is 0.308 e. The average Bonchev–Trinajstić information content (AvgIpc) is 3.96. The lowest BCUT2D eigenvalue weighted by atomic mass is 9.94. The molecule has 0 spiro atoms. The number of hydrogen-bond acceptors (Lipinski definition) is 1. The number of hydrogen-bond donors (Lipinski definition) is 0. The van der Waals surface area contributed by atoms with E-state index in [1.165, 1.54) is 64.6 Å². The standard InChI is InChI=1S/C67H39N3O/c71-67-63-55(34-35-56-53-26-12-14-28-61(53)68(64(56)63)41-30-32-51-47-22-6-4-18-43(47)45-20-8-10-24-49(45)59(51)38-41)58-37-36-57-54-27-13-15-29-62(54)69(65(57)66(58)70(67)40-16-2-1-3-17-40)42-31-33-52-48-23-7-5-19-44(48)46-21-9-11-25-50(46)60(52)39-42/h1-39H.